The molecule has 0 unspecified atom stereocenters. The molecule has 3 aromatic rings. The third-order valence-corrected chi connectivity index (χ3v) is 7.73. The number of piperazine rings is 1. The van der Waals surface area contributed by atoms with Gasteiger partial charge < -0.3 is 14.4 Å². The van der Waals surface area contributed by atoms with Gasteiger partial charge in [-0.1, -0.05) is 66.9 Å². The predicted molar refractivity (Wildman–Crippen MR) is 143 cm³/mol. The lowest BCUT2D eigenvalue weighted by Crippen LogP contribution is -2.53. The summed E-state index contributed by atoms with van der Waals surface area (Å²) in [4.78, 5) is 18.4. The fourth-order valence-electron chi connectivity index (χ4n) is 5.68. The Labute approximate surface area is 214 Å². The molecule has 0 N–H and O–H groups in total. The topological polar surface area (TPSA) is 42.0 Å². The molecule has 1 aliphatic carbocycles. The van der Waals surface area contributed by atoms with Crippen LogP contribution in [0.15, 0.2) is 72.8 Å². The number of rotatable bonds is 7. The molecule has 1 saturated heterocycles. The number of carbonyl (C=O) groups excluding carboxylic acids is 1. The molecule has 36 heavy (non-hydrogen) atoms. The lowest BCUT2D eigenvalue weighted by molar-refractivity contribution is -0.139. The Morgan fingerprint density at radius 1 is 0.861 bits per heavy atom. The van der Waals surface area contributed by atoms with Crippen LogP contribution >= 0.6 is 0 Å². The maximum absolute atomic E-state index is 13.8. The van der Waals surface area contributed by atoms with Crippen molar-refractivity contribution < 1.29 is 14.3 Å². The lowest BCUT2D eigenvalue weighted by Gasteiger charge is -2.40. The van der Waals surface area contributed by atoms with Gasteiger partial charge in [0.1, 0.15) is 5.75 Å². The molecule has 1 heterocycles. The van der Waals surface area contributed by atoms with Crippen molar-refractivity contribution in [3.8, 4) is 17.2 Å². The highest BCUT2D eigenvalue weighted by Crippen LogP contribution is 2.43. The van der Waals surface area contributed by atoms with E-state index in [0.29, 0.717) is 11.7 Å². The number of carbonyl (C=O) groups is 1. The average Bonchev–Trinajstić information content (AvgIpc) is 3.41. The number of ether oxygens (including phenoxy) is 2. The molecular weight excluding hydrogens is 448 g/mol. The number of hydrogen-bond donors (Lipinski definition) is 0. The molecule has 5 rings (SSSR count). The highest BCUT2D eigenvalue weighted by molar-refractivity contribution is 5.88. The molecule has 5 heteroatoms. The van der Waals surface area contributed by atoms with Crippen LogP contribution in [0.4, 0.5) is 0 Å². The van der Waals surface area contributed by atoms with Gasteiger partial charge in [-0.25, -0.2) is 0 Å². The smallest absolute Gasteiger partial charge is 0.233 e. The van der Waals surface area contributed by atoms with Crippen molar-refractivity contribution in [3.05, 3.63) is 89.5 Å². The van der Waals surface area contributed by atoms with Gasteiger partial charge in [-0.15, -0.1) is 0 Å². The van der Waals surface area contributed by atoms with Crippen LogP contribution in [0.25, 0.3) is 0 Å². The first-order chi connectivity index (χ1) is 17.6. The quantitative estimate of drug-likeness (QED) is 0.415. The molecule has 0 atom stereocenters. The van der Waals surface area contributed by atoms with E-state index < -0.39 is 0 Å². The van der Waals surface area contributed by atoms with Gasteiger partial charge in [0.15, 0.2) is 11.5 Å². The molecule has 0 bridgehead atoms. The van der Waals surface area contributed by atoms with Crippen molar-refractivity contribution in [1.29, 1.82) is 0 Å². The maximum Gasteiger partial charge on any atom is 0.233 e. The first-order valence-electron chi connectivity index (χ1n) is 13.1. The Balaban J connectivity index is 1.21. The second-order valence-corrected chi connectivity index (χ2v) is 10.1. The van der Waals surface area contributed by atoms with E-state index in [1.807, 2.05) is 36.4 Å². The van der Waals surface area contributed by atoms with Crippen molar-refractivity contribution in [1.82, 2.24) is 9.80 Å². The van der Waals surface area contributed by atoms with Gasteiger partial charge in [-0.2, -0.15) is 0 Å². The fourth-order valence-corrected chi connectivity index (χ4v) is 5.68. The normalized spacial score (nSPS) is 17.7. The Kier molecular flexibility index (Phi) is 7.28. The molecule has 188 valence electrons. The van der Waals surface area contributed by atoms with E-state index in [-0.39, 0.29) is 5.41 Å². The van der Waals surface area contributed by atoms with Gasteiger partial charge in [0, 0.05) is 32.7 Å². The Morgan fingerprint density at radius 3 is 2.25 bits per heavy atom. The van der Waals surface area contributed by atoms with Gasteiger partial charge >= 0.3 is 0 Å². The zero-order valence-electron chi connectivity index (χ0n) is 21.4. The summed E-state index contributed by atoms with van der Waals surface area (Å²) in [6, 6.07) is 24.6. The second-order valence-electron chi connectivity index (χ2n) is 10.1. The van der Waals surface area contributed by atoms with E-state index in [1.54, 1.807) is 7.11 Å². The fraction of sp³-hybridized carbons (Fsp3) is 0.387. The second kappa shape index (κ2) is 10.8. The number of hydrogen-bond acceptors (Lipinski definition) is 4. The van der Waals surface area contributed by atoms with Crippen LogP contribution in [0.5, 0.6) is 17.2 Å². The highest BCUT2D eigenvalue weighted by atomic mass is 16.5. The molecule has 0 aromatic heterocycles. The molecule has 1 saturated carbocycles. The standard InChI is InChI=1S/C31H36N2O3/c1-24-12-14-26(15-13-24)31(16-5-6-17-31)30(34)33-20-18-32(19-21-33)23-25-8-7-9-27(22-25)36-29-11-4-3-10-28(29)35-2/h3-4,7-15,22H,5-6,16-21,23H2,1-2H3. The van der Waals surface area contributed by atoms with Crippen LogP contribution in [0, 0.1) is 6.92 Å². The molecule has 1 aliphatic heterocycles. The minimum Gasteiger partial charge on any atom is -0.493 e. The summed E-state index contributed by atoms with van der Waals surface area (Å²) >= 11 is 0. The number of amides is 1. The van der Waals surface area contributed by atoms with Crippen molar-refractivity contribution in [2.45, 2.75) is 44.6 Å². The minimum atomic E-state index is -0.333. The summed E-state index contributed by atoms with van der Waals surface area (Å²) in [5, 5.41) is 0. The first-order valence-corrected chi connectivity index (χ1v) is 13.1. The van der Waals surface area contributed by atoms with Crippen molar-refractivity contribution >= 4 is 5.91 Å². The van der Waals surface area contributed by atoms with E-state index >= 15 is 0 Å². The van der Waals surface area contributed by atoms with Crippen molar-refractivity contribution in [2.75, 3.05) is 33.3 Å². The molecule has 2 fully saturated rings. The monoisotopic (exact) mass is 484 g/mol. The lowest BCUT2D eigenvalue weighted by atomic mass is 9.77. The maximum atomic E-state index is 13.8. The van der Waals surface area contributed by atoms with Crippen LogP contribution < -0.4 is 9.47 Å². The van der Waals surface area contributed by atoms with E-state index in [9.17, 15) is 4.79 Å². The molecule has 3 aromatic carbocycles. The summed E-state index contributed by atoms with van der Waals surface area (Å²) in [7, 11) is 1.65. The van der Waals surface area contributed by atoms with Gasteiger partial charge in [0.2, 0.25) is 5.91 Å². The van der Waals surface area contributed by atoms with Crippen LogP contribution in [0.1, 0.15) is 42.4 Å². The van der Waals surface area contributed by atoms with E-state index in [1.165, 1.54) is 16.7 Å². The average molecular weight is 485 g/mol. The minimum absolute atomic E-state index is 0.329. The van der Waals surface area contributed by atoms with Crippen molar-refractivity contribution in [3.63, 3.8) is 0 Å². The highest BCUT2D eigenvalue weighted by Gasteiger charge is 2.45. The summed E-state index contributed by atoms with van der Waals surface area (Å²) in [5.41, 5.74) is 3.31. The van der Waals surface area contributed by atoms with Crippen LogP contribution in [-0.2, 0) is 16.8 Å². The third kappa shape index (κ3) is 5.12. The zero-order chi connectivity index (χ0) is 25.0. The molecule has 2 aliphatic rings. The first kappa shape index (κ1) is 24.4. The molecule has 0 spiro atoms. The third-order valence-electron chi connectivity index (χ3n) is 7.73. The molecule has 1 amide bonds. The summed E-state index contributed by atoms with van der Waals surface area (Å²) in [6.07, 6.45) is 4.20. The molecular formula is C31H36N2O3. The number of methoxy groups -OCH3 is 1. The summed E-state index contributed by atoms with van der Waals surface area (Å²) < 4.78 is 11.5. The van der Waals surface area contributed by atoms with Crippen LogP contribution in [0.2, 0.25) is 0 Å². The van der Waals surface area contributed by atoms with Gasteiger partial charge in [-0.3, -0.25) is 9.69 Å². The molecule has 5 nitrogen and oxygen atoms in total. The van der Waals surface area contributed by atoms with Crippen LogP contribution in [0.3, 0.4) is 0 Å². The zero-order valence-corrected chi connectivity index (χ0v) is 21.4. The van der Waals surface area contributed by atoms with E-state index in [0.717, 1.165) is 69.9 Å². The van der Waals surface area contributed by atoms with Gasteiger partial charge in [-0.05, 0) is 55.2 Å². The molecule has 0 radical (unpaired) electrons. The Morgan fingerprint density at radius 2 is 1.56 bits per heavy atom. The Hall–Kier alpha value is -3.31. The summed E-state index contributed by atoms with van der Waals surface area (Å²) in [5.74, 6) is 2.55. The SMILES string of the molecule is COc1ccccc1Oc1cccc(CN2CCN(C(=O)C3(c4ccc(C)cc4)CCCC3)CC2)c1. The Bertz CT molecular complexity index is 1180. The number of para-hydroxylation sites is 2. The number of nitrogens with zero attached hydrogens (tertiary/aromatic N) is 2. The van der Waals surface area contributed by atoms with E-state index in [2.05, 4.69) is 53.1 Å². The summed E-state index contributed by atoms with van der Waals surface area (Å²) in [6.45, 7) is 6.27. The number of aryl methyl sites for hydroxylation is 1. The van der Waals surface area contributed by atoms with Gasteiger partial charge in [0.05, 0.1) is 12.5 Å². The predicted octanol–water partition coefficient (Wildman–Crippen LogP) is 5.95. The van der Waals surface area contributed by atoms with Crippen molar-refractivity contribution in [2.24, 2.45) is 0 Å². The largest absolute Gasteiger partial charge is 0.493 e. The number of benzene rings is 3. The van der Waals surface area contributed by atoms with E-state index in [4.69, 9.17) is 9.47 Å². The van der Waals surface area contributed by atoms with Gasteiger partial charge in [0.25, 0.3) is 0 Å². The van der Waals surface area contributed by atoms with Crippen LogP contribution in [-0.4, -0.2) is 49.0 Å².